The Balaban J connectivity index is 1.74. The van der Waals surface area contributed by atoms with E-state index in [4.69, 9.17) is 16.3 Å². The van der Waals surface area contributed by atoms with Gasteiger partial charge in [-0.2, -0.15) is 0 Å². The first-order valence-electron chi connectivity index (χ1n) is 10.3. The fourth-order valence-corrected chi connectivity index (χ4v) is 6.62. The van der Waals surface area contributed by atoms with E-state index in [9.17, 15) is 14.7 Å². The average Bonchev–Trinajstić information content (AvgIpc) is 3.46. The van der Waals surface area contributed by atoms with Crippen molar-refractivity contribution in [2.24, 2.45) is 0 Å². The van der Waals surface area contributed by atoms with Crippen LogP contribution in [0, 0.1) is 13.8 Å². The van der Waals surface area contributed by atoms with Crippen LogP contribution >= 0.6 is 50.2 Å². The molecule has 0 aliphatic carbocycles. The molecule has 1 atom stereocenters. The maximum atomic E-state index is 13.8. The van der Waals surface area contributed by atoms with Crippen molar-refractivity contribution >= 4 is 77.2 Å². The van der Waals surface area contributed by atoms with Gasteiger partial charge in [-0.05, 0) is 50.2 Å². The number of carbonyl (C=O) groups excluding carboxylic acids is 2. The number of benzene rings is 2. The number of Topliss-reactive ketones (excluding diaryl/α,β-unsaturated/α-hetero) is 1. The fourth-order valence-electron chi connectivity index (χ4n) is 4.10. The van der Waals surface area contributed by atoms with Crippen LogP contribution in [0.15, 0.2) is 52.2 Å². The van der Waals surface area contributed by atoms with Gasteiger partial charge in [0.1, 0.15) is 11.8 Å². The number of rotatable bonds is 5. The highest BCUT2D eigenvalue weighted by atomic mass is 79.9. The first kappa shape index (κ1) is 23.9. The Kier molecular flexibility index (Phi) is 6.16. The summed E-state index contributed by atoms with van der Waals surface area (Å²) in [6, 6.07) is 9.56. The zero-order valence-corrected chi connectivity index (χ0v) is 22.6. The van der Waals surface area contributed by atoms with Crippen molar-refractivity contribution in [1.82, 2.24) is 9.97 Å². The van der Waals surface area contributed by atoms with E-state index in [0.717, 1.165) is 9.17 Å². The number of hydrogen-bond acceptors (Lipinski definition) is 8. The molecule has 1 amide bonds. The van der Waals surface area contributed by atoms with Crippen molar-refractivity contribution in [2.45, 2.75) is 19.9 Å². The third-order valence-corrected chi connectivity index (χ3v) is 8.41. The highest BCUT2D eigenvalue weighted by Crippen LogP contribution is 2.47. The normalized spacial score (nSPS) is 16.0. The number of anilines is 1. The number of aliphatic hydroxyl groups excluding tert-OH is 1. The van der Waals surface area contributed by atoms with Gasteiger partial charge in [0.2, 0.25) is 5.78 Å². The summed E-state index contributed by atoms with van der Waals surface area (Å²) in [5, 5.41) is 12.6. The van der Waals surface area contributed by atoms with E-state index in [2.05, 4.69) is 25.9 Å². The van der Waals surface area contributed by atoms with Crippen LogP contribution in [-0.4, -0.2) is 33.9 Å². The predicted molar refractivity (Wildman–Crippen MR) is 141 cm³/mol. The number of nitrogens with zero attached hydrogens (tertiary/aromatic N) is 3. The Morgan fingerprint density at radius 3 is 2.63 bits per heavy atom. The number of aliphatic hydroxyl groups is 1. The van der Waals surface area contributed by atoms with E-state index in [1.165, 1.54) is 34.7 Å². The second-order valence-electron chi connectivity index (χ2n) is 7.81. The zero-order valence-electron chi connectivity index (χ0n) is 18.6. The molecule has 1 aliphatic rings. The number of amides is 1. The van der Waals surface area contributed by atoms with Crippen LogP contribution in [0.1, 0.15) is 32.0 Å². The fraction of sp³-hybridized carbons (Fsp3) is 0.167. The lowest BCUT2D eigenvalue weighted by Crippen LogP contribution is -2.31. The third-order valence-electron chi connectivity index (χ3n) is 5.59. The number of ketones is 1. The molecule has 0 saturated carbocycles. The van der Waals surface area contributed by atoms with E-state index in [1.54, 1.807) is 50.2 Å². The molecule has 0 fully saturated rings. The molecule has 4 aromatic rings. The molecule has 11 heteroatoms. The van der Waals surface area contributed by atoms with Crippen LogP contribution in [0.25, 0.3) is 10.2 Å². The zero-order chi connectivity index (χ0) is 25.0. The lowest BCUT2D eigenvalue weighted by molar-refractivity contribution is -0.117. The molecule has 0 radical (unpaired) electrons. The maximum absolute atomic E-state index is 13.8. The maximum Gasteiger partial charge on any atom is 0.296 e. The summed E-state index contributed by atoms with van der Waals surface area (Å²) in [5.41, 5.74) is 1.67. The molecule has 178 valence electrons. The van der Waals surface area contributed by atoms with Gasteiger partial charge in [-0.1, -0.05) is 38.9 Å². The van der Waals surface area contributed by atoms with Gasteiger partial charge in [0.05, 0.1) is 38.5 Å². The molecule has 3 heterocycles. The van der Waals surface area contributed by atoms with E-state index in [0.29, 0.717) is 42.6 Å². The molecule has 5 rings (SSSR count). The lowest BCUT2D eigenvalue weighted by Gasteiger charge is -2.26. The number of aryl methyl sites for hydroxylation is 2. The number of thiazole rings is 2. The van der Waals surface area contributed by atoms with Gasteiger partial charge < -0.3 is 9.84 Å². The summed E-state index contributed by atoms with van der Waals surface area (Å²) in [5.74, 6) is -1.34. The highest BCUT2D eigenvalue weighted by molar-refractivity contribution is 9.10. The number of halogens is 2. The van der Waals surface area contributed by atoms with Crippen molar-refractivity contribution in [3.8, 4) is 5.75 Å². The van der Waals surface area contributed by atoms with Crippen molar-refractivity contribution in [3.63, 3.8) is 0 Å². The molecule has 1 N–H and O–H groups in total. The van der Waals surface area contributed by atoms with Crippen LogP contribution in [0.5, 0.6) is 5.75 Å². The molecular formula is C24H17BrClN3O4S2. The Morgan fingerprint density at radius 2 is 1.94 bits per heavy atom. The molecule has 7 nitrogen and oxygen atoms in total. The molecule has 2 aromatic heterocycles. The van der Waals surface area contributed by atoms with Crippen molar-refractivity contribution in [1.29, 1.82) is 0 Å². The Labute approximate surface area is 221 Å². The molecule has 35 heavy (non-hydrogen) atoms. The molecule has 1 aliphatic heterocycles. The highest BCUT2D eigenvalue weighted by Gasteiger charge is 2.47. The first-order valence-corrected chi connectivity index (χ1v) is 13.1. The van der Waals surface area contributed by atoms with Gasteiger partial charge in [-0.3, -0.25) is 14.5 Å². The van der Waals surface area contributed by atoms with Crippen LogP contribution < -0.4 is 9.64 Å². The van der Waals surface area contributed by atoms with Crippen molar-refractivity contribution in [3.05, 3.63) is 78.4 Å². The van der Waals surface area contributed by atoms with Crippen LogP contribution in [0.2, 0.25) is 5.02 Å². The van der Waals surface area contributed by atoms with Crippen LogP contribution in [0.4, 0.5) is 5.13 Å². The number of hydrogen-bond donors (Lipinski definition) is 1. The summed E-state index contributed by atoms with van der Waals surface area (Å²) in [6.45, 7) is 3.53. The van der Waals surface area contributed by atoms with Crippen LogP contribution in [0.3, 0.4) is 0 Å². The molecule has 1 unspecified atom stereocenters. The number of ether oxygens (including phenoxy) is 1. The van der Waals surface area contributed by atoms with Crippen molar-refractivity contribution in [2.75, 3.05) is 12.0 Å². The lowest BCUT2D eigenvalue weighted by atomic mass is 9.94. The van der Waals surface area contributed by atoms with E-state index in [-0.39, 0.29) is 5.57 Å². The molecule has 2 aromatic carbocycles. The minimum Gasteiger partial charge on any atom is -0.503 e. The Hall–Kier alpha value is -2.79. The average molecular weight is 591 g/mol. The number of methoxy groups -OCH3 is 1. The molecule has 0 bridgehead atoms. The monoisotopic (exact) mass is 589 g/mol. The summed E-state index contributed by atoms with van der Waals surface area (Å²) in [7, 11) is 1.51. The Morgan fingerprint density at radius 1 is 1.17 bits per heavy atom. The second-order valence-corrected chi connectivity index (χ2v) is 11.4. The number of carbonyl (C=O) groups is 2. The van der Waals surface area contributed by atoms with Gasteiger partial charge in [0.15, 0.2) is 10.9 Å². The largest absolute Gasteiger partial charge is 0.503 e. The quantitative estimate of drug-likeness (QED) is 0.264. The summed E-state index contributed by atoms with van der Waals surface area (Å²) in [6.07, 6.45) is 0. The summed E-state index contributed by atoms with van der Waals surface area (Å²) >= 11 is 12.1. The van der Waals surface area contributed by atoms with E-state index < -0.39 is 23.5 Å². The van der Waals surface area contributed by atoms with Gasteiger partial charge >= 0.3 is 0 Å². The standard InChI is InChI=1S/C24H17BrClN3O4S2/c1-10-22(34-11(2)27-10)20(30)18-19(14-8-12(25)4-7-16(14)33-3)29(23(32)21(18)31)24-28-15-6-5-13(26)9-17(15)35-24/h4-9,19,31H,1-3H3. The van der Waals surface area contributed by atoms with Gasteiger partial charge in [0.25, 0.3) is 5.91 Å². The third kappa shape index (κ3) is 4.04. The minimum atomic E-state index is -0.972. The SMILES string of the molecule is COc1ccc(Br)cc1C1C(C(=O)c2sc(C)nc2C)=C(O)C(=O)N1c1nc2ccc(Cl)cc2s1. The molecule has 0 spiro atoms. The van der Waals surface area contributed by atoms with Gasteiger partial charge in [-0.15, -0.1) is 11.3 Å². The Bertz CT molecular complexity index is 1560. The summed E-state index contributed by atoms with van der Waals surface area (Å²) < 4.78 is 7.08. The van der Waals surface area contributed by atoms with Crippen LogP contribution in [-0.2, 0) is 4.79 Å². The van der Waals surface area contributed by atoms with E-state index in [1.807, 2.05) is 0 Å². The topological polar surface area (TPSA) is 92.6 Å². The van der Waals surface area contributed by atoms with E-state index >= 15 is 0 Å². The molecular weight excluding hydrogens is 574 g/mol. The first-order chi connectivity index (χ1) is 16.7. The van der Waals surface area contributed by atoms with Crippen molar-refractivity contribution < 1.29 is 19.4 Å². The van der Waals surface area contributed by atoms with Gasteiger partial charge in [-0.25, -0.2) is 9.97 Å². The summed E-state index contributed by atoms with van der Waals surface area (Å²) in [4.78, 5) is 38.0. The number of fused-ring (bicyclic) bond motifs is 1. The molecule has 0 saturated heterocycles. The van der Waals surface area contributed by atoms with Gasteiger partial charge in [0, 0.05) is 15.1 Å². The smallest absolute Gasteiger partial charge is 0.296 e. The second kappa shape index (κ2) is 9.02. The predicted octanol–water partition coefficient (Wildman–Crippen LogP) is 6.58. The minimum absolute atomic E-state index is 0.0459. The number of aromatic nitrogens is 2.